The maximum absolute atomic E-state index is 13.8. The summed E-state index contributed by atoms with van der Waals surface area (Å²) in [6.07, 6.45) is 4.13. The monoisotopic (exact) mass is 349 g/mol. The van der Waals surface area contributed by atoms with Crippen molar-refractivity contribution >= 4 is 38.3 Å². The second kappa shape index (κ2) is 5.94. The lowest BCUT2D eigenvalue weighted by molar-refractivity contribution is 0.225. The number of pyridine rings is 1. The highest BCUT2D eigenvalue weighted by Gasteiger charge is 2.27. The Morgan fingerprint density at radius 2 is 2.26 bits per heavy atom. The van der Waals surface area contributed by atoms with Crippen molar-refractivity contribution in [3.8, 4) is 5.75 Å². The SMILES string of the molecule is Fc1cccc2sc(N3CCC(Oc4ccncc4Cl)C3)nc12. The van der Waals surface area contributed by atoms with Gasteiger partial charge in [0.1, 0.15) is 28.2 Å². The maximum Gasteiger partial charge on any atom is 0.186 e. The first-order valence-corrected chi connectivity index (χ1v) is 8.46. The second-order valence-corrected chi connectivity index (χ2v) is 6.78. The average molecular weight is 350 g/mol. The molecule has 0 saturated carbocycles. The molecule has 4 nitrogen and oxygen atoms in total. The van der Waals surface area contributed by atoms with E-state index in [9.17, 15) is 4.39 Å². The van der Waals surface area contributed by atoms with Crippen molar-refractivity contribution in [2.24, 2.45) is 0 Å². The van der Waals surface area contributed by atoms with Gasteiger partial charge >= 0.3 is 0 Å². The quantitative estimate of drug-likeness (QED) is 0.712. The molecule has 0 amide bonds. The molecule has 0 N–H and O–H groups in total. The van der Waals surface area contributed by atoms with E-state index in [0.29, 0.717) is 22.8 Å². The molecule has 3 aromatic rings. The molecule has 1 fully saturated rings. The molecule has 3 heterocycles. The lowest BCUT2D eigenvalue weighted by Crippen LogP contribution is -2.24. The predicted molar refractivity (Wildman–Crippen MR) is 90.1 cm³/mol. The van der Waals surface area contributed by atoms with Crippen LogP contribution in [0.3, 0.4) is 0 Å². The van der Waals surface area contributed by atoms with Gasteiger partial charge in [-0.1, -0.05) is 29.0 Å². The first-order chi connectivity index (χ1) is 11.2. The van der Waals surface area contributed by atoms with Crippen LogP contribution in [0.15, 0.2) is 36.7 Å². The van der Waals surface area contributed by atoms with E-state index in [1.54, 1.807) is 24.5 Å². The number of benzene rings is 1. The Kier molecular flexibility index (Phi) is 3.79. The highest BCUT2D eigenvalue weighted by molar-refractivity contribution is 7.22. The average Bonchev–Trinajstić information content (AvgIpc) is 3.17. The Balaban J connectivity index is 1.51. The highest BCUT2D eigenvalue weighted by Crippen LogP contribution is 2.33. The lowest BCUT2D eigenvalue weighted by Gasteiger charge is -2.16. The molecule has 0 aliphatic carbocycles. The fraction of sp³-hybridized carbons (Fsp3) is 0.250. The van der Waals surface area contributed by atoms with Crippen molar-refractivity contribution in [3.63, 3.8) is 0 Å². The van der Waals surface area contributed by atoms with Gasteiger partial charge in [0.2, 0.25) is 0 Å². The molecule has 2 aromatic heterocycles. The van der Waals surface area contributed by atoms with Gasteiger partial charge in [-0.3, -0.25) is 4.98 Å². The van der Waals surface area contributed by atoms with Crippen LogP contribution in [0, 0.1) is 5.82 Å². The van der Waals surface area contributed by atoms with E-state index >= 15 is 0 Å². The minimum Gasteiger partial charge on any atom is -0.487 e. The molecule has 1 atom stereocenters. The number of rotatable bonds is 3. The highest BCUT2D eigenvalue weighted by atomic mass is 35.5. The number of thiazole rings is 1. The molecule has 118 valence electrons. The Labute approximate surface area is 141 Å². The van der Waals surface area contributed by atoms with Crippen LogP contribution in [-0.2, 0) is 0 Å². The van der Waals surface area contributed by atoms with Crippen molar-refractivity contribution in [1.82, 2.24) is 9.97 Å². The standard InChI is InChI=1S/C16H13ClFN3OS/c17-11-8-19-6-4-13(11)22-10-5-7-21(9-10)16-20-15-12(18)2-1-3-14(15)23-16/h1-4,6,8,10H,5,7,9H2. The summed E-state index contributed by atoms with van der Waals surface area (Å²) >= 11 is 7.58. The van der Waals surface area contributed by atoms with Gasteiger partial charge in [-0.2, -0.15) is 0 Å². The van der Waals surface area contributed by atoms with Crippen LogP contribution in [0.5, 0.6) is 5.75 Å². The first kappa shape index (κ1) is 14.7. The molecule has 0 radical (unpaired) electrons. The molecule has 23 heavy (non-hydrogen) atoms. The number of para-hydroxylation sites is 1. The molecular formula is C16H13ClFN3OS. The fourth-order valence-corrected chi connectivity index (χ4v) is 3.85. The van der Waals surface area contributed by atoms with E-state index in [0.717, 1.165) is 22.8 Å². The third-order valence-electron chi connectivity index (χ3n) is 3.80. The van der Waals surface area contributed by atoms with E-state index in [2.05, 4.69) is 14.9 Å². The topological polar surface area (TPSA) is 38.2 Å². The number of halogens is 2. The number of hydrogen-bond acceptors (Lipinski definition) is 5. The zero-order chi connectivity index (χ0) is 15.8. The van der Waals surface area contributed by atoms with E-state index in [4.69, 9.17) is 16.3 Å². The minimum absolute atomic E-state index is 0.0340. The van der Waals surface area contributed by atoms with Crippen molar-refractivity contribution in [2.75, 3.05) is 18.0 Å². The van der Waals surface area contributed by atoms with Gasteiger partial charge in [0.05, 0.1) is 11.2 Å². The van der Waals surface area contributed by atoms with Gasteiger partial charge in [0.15, 0.2) is 5.13 Å². The zero-order valence-electron chi connectivity index (χ0n) is 12.1. The molecule has 7 heteroatoms. The Bertz CT molecular complexity index is 856. The van der Waals surface area contributed by atoms with E-state index in [1.165, 1.54) is 17.4 Å². The third kappa shape index (κ3) is 2.84. The maximum atomic E-state index is 13.8. The van der Waals surface area contributed by atoms with Gasteiger partial charge in [-0.15, -0.1) is 0 Å². The predicted octanol–water partition coefficient (Wildman–Crippen LogP) is 4.14. The van der Waals surface area contributed by atoms with Gasteiger partial charge < -0.3 is 9.64 Å². The molecular weight excluding hydrogens is 337 g/mol. The lowest BCUT2D eigenvalue weighted by atomic mass is 10.3. The van der Waals surface area contributed by atoms with E-state index in [-0.39, 0.29) is 11.9 Å². The Morgan fingerprint density at radius 3 is 3.09 bits per heavy atom. The molecule has 0 bridgehead atoms. The number of nitrogens with zero attached hydrogens (tertiary/aromatic N) is 3. The van der Waals surface area contributed by atoms with Crippen molar-refractivity contribution < 1.29 is 9.13 Å². The summed E-state index contributed by atoms with van der Waals surface area (Å²) in [6.45, 7) is 1.54. The van der Waals surface area contributed by atoms with Gasteiger partial charge in [-0.25, -0.2) is 9.37 Å². The summed E-state index contributed by atoms with van der Waals surface area (Å²) in [5.41, 5.74) is 0.439. The second-order valence-electron chi connectivity index (χ2n) is 5.36. The van der Waals surface area contributed by atoms with Crippen LogP contribution >= 0.6 is 22.9 Å². The van der Waals surface area contributed by atoms with Crippen molar-refractivity contribution in [1.29, 1.82) is 0 Å². The van der Waals surface area contributed by atoms with Crippen LogP contribution < -0.4 is 9.64 Å². The van der Waals surface area contributed by atoms with Crippen LogP contribution in [-0.4, -0.2) is 29.2 Å². The number of fused-ring (bicyclic) bond motifs is 1. The summed E-state index contributed by atoms with van der Waals surface area (Å²) < 4.78 is 20.6. The smallest absolute Gasteiger partial charge is 0.186 e. The summed E-state index contributed by atoms with van der Waals surface area (Å²) in [5.74, 6) is 0.365. The molecule has 4 rings (SSSR count). The van der Waals surface area contributed by atoms with Crippen LogP contribution in [0.1, 0.15) is 6.42 Å². The third-order valence-corrected chi connectivity index (χ3v) is 5.17. The summed E-state index contributed by atoms with van der Waals surface area (Å²) in [5, 5.41) is 1.34. The Hall–Kier alpha value is -1.92. The molecule has 1 aromatic carbocycles. The van der Waals surface area contributed by atoms with E-state index in [1.807, 2.05) is 6.07 Å². The minimum atomic E-state index is -0.277. The van der Waals surface area contributed by atoms with Gasteiger partial charge in [0.25, 0.3) is 0 Å². The number of hydrogen-bond donors (Lipinski definition) is 0. The summed E-state index contributed by atoms with van der Waals surface area (Å²) in [4.78, 5) is 10.5. The fourth-order valence-electron chi connectivity index (χ4n) is 2.67. The van der Waals surface area contributed by atoms with Gasteiger partial charge in [-0.05, 0) is 12.1 Å². The van der Waals surface area contributed by atoms with Crippen molar-refractivity contribution in [2.45, 2.75) is 12.5 Å². The zero-order valence-corrected chi connectivity index (χ0v) is 13.6. The molecule has 0 spiro atoms. The van der Waals surface area contributed by atoms with Gasteiger partial charge in [0, 0.05) is 31.4 Å². The molecule has 1 aliphatic heterocycles. The summed E-state index contributed by atoms with van der Waals surface area (Å²) in [7, 11) is 0. The number of ether oxygens (including phenoxy) is 1. The van der Waals surface area contributed by atoms with E-state index < -0.39 is 0 Å². The Morgan fingerprint density at radius 1 is 1.35 bits per heavy atom. The molecule has 1 unspecified atom stereocenters. The van der Waals surface area contributed by atoms with Crippen LogP contribution in [0.4, 0.5) is 9.52 Å². The number of aromatic nitrogens is 2. The molecule has 1 saturated heterocycles. The van der Waals surface area contributed by atoms with Crippen molar-refractivity contribution in [3.05, 3.63) is 47.5 Å². The van der Waals surface area contributed by atoms with Crippen LogP contribution in [0.2, 0.25) is 5.02 Å². The van der Waals surface area contributed by atoms with Crippen LogP contribution in [0.25, 0.3) is 10.2 Å². The normalized spacial score (nSPS) is 17.8. The summed E-state index contributed by atoms with van der Waals surface area (Å²) in [6, 6.07) is 6.80. The number of anilines is 1. The first-order valence-electron chi connectivity index (χ1n) is 7.27. The largest absolute Gasteiger partial charge is 0.487 e. The molecule has 1 aliphatic rings.